The van der Waals surface area contributed by atoms with Crippen molar-refractivity contribution < 1.29 is 9.18 Å². The van der Waals surface area contributed by atoms with E-state index in [-0.39, 0.29) is 17.1 Å². The number of amides is 1. The van der Waals surface area contributed by atoms with Gasteiger partial charge in [0.1, 0.15) is 5.82 Å². The van der Waals surface area contributed by atoms with Crippen molar-refractivity contribution in [2.24, 2.45) is 11.1 Å². The average Bonchev–Trinajstić information content (AvgIpc) is 2.31. The van der Waals surface area contributed by atoms with Crippen LogP contribution >= 0.6 is 15.9 Å². The highest BCUT2D eigenvalue weighted by Crippen LogP contribution is 2.19. The molecule has 100 valence electrons. The molecule has 1 amide bonds. The zero-order chi connectivity index (χ0) is 13.9. The molecule has 0 aliphatic heterocycles. The molecule has 0 fully saturated rings. The Kier molecular flexibility index (Phi) is 4.87. The van der Waals surface area contributed by atoms with E-state index in [1.54, 1.807) is 11.9 Å². The van der Waals surface area contributed by atoms with Gasteiger partial charge in [-0.25, -0.2) is 4.39 Å². The Morgan fingerprint density at radius 3 is 2.61 bits per heavy atom. The highest BCUT2D eigenvalue weighted by Gasteiger charge is 2.22. The number of benzene rings is 1. The topological polar surface area (TPSA) is 46.3 Å². The quantitative estimate of drug-likeness (QED) is 0.928. The van der Waals surface area contributed by atoms with Gasteiger partial charge in [-0.2, -0.15) is 0 Å². The standard InChI is InChI=1S/C13H18BrFN2O/c1-13(2,7-16)8-17(3)12(18)9-4-5-11(15)10(14)6-9/h4-6H,7-8,16H2,1-3H3. The van der Waals surface area contributed by atoms with E-state index in [0.717, 1.165) is 0 Å². The molecular formula is C13H18BrFN2O. The number of rotatable bonds is 4. The summed E-state index contributed by atoms with van der Waals surface area (Å²) in [6.07, 6.45) is 0. The second-order valence-corrected chi connectivity index (χ2v) is 6.01. The predicted octanol–water partition coefficient (Wildman–Crippen LogP) is 2.65. The molecule has 18 heavy (non-hydrogen) atoms. The Morgan fingerprint density at radius 1 is 1.50 bits per heavy atom. The normalized spacial score (nSPS) is 11.4. The molecule has 0 saturated heterocycles. The lowest BCUT2D eigenvalue weighted by molar-refractivity contribution is 0.0740. The van der Waals surface area contributed by atoms with Gasteiger partial charge in [0.15, 0.2) is 0 Å². The first-order chi connectivity index (χ1) is 8.26. The van der Waals surface area contributed by atoms with Crippen molar-refractivity contribution in [1.82, 2.24) is 4.90 Å². The van der Waals surface area contributed by atoms with Gasteiger partial charge in [-0.1, -0.05) is 13.8 Å². The first kappa shape index (κ1) is 15.1. The van der Waals surface area contributed by atoms with Gasteiger partial charge in [0.05, 0.1) is 4.47 Å². The minimum absolute atomic E-state index is 0.137. The number of nitrogens with two attached hydrogens (primary N) is 1. The second-order valence-electron chi connectivity index (χ2n) is 5.16. The lowest BCUT2D eigenvalue weighted by Crippen LogP contribution is -2.39. The third-order valence-corrected chi connectivity index (χ3v) is 3.34. The van der Waals surface area contributed by atoms with Crippen LogP contribution in [0, 0.1) is 11.2 Å². The van der Waals surface area contributed by atoms with E-state index in [0.29, 0.717) is 23.1 Å². The maximum absolute atomic E-state index is 13.1. The lowest BCUT2D eigenvalue weighted by Gasteiger charge is -2.29. The van der Waals surface area contributed by atoms with Crippen LogP contribution in [-0.4, -0.2) is 30.9 Å². The summed E-state index contributed by atoms with van der Waals surface area (Å²) in [5, 5.41) is 0. The summed E-state index contributed by atoms with van der Waals surface area (Å²) in [4.78, 5) is 13.7. The van der Waals surface area contributed by atoms with Crippen LogP contribution in [0.1, 0.15) is 24.2 Å². The van der Waals surface area contributed by atoms with Gasteiger partial charge in [0.25, 0.3) is 5.91 Å². The number of carbonyl (C=O) groups is 1. The first-order valence-corrected chi connectivity index (χ1v) is 6.47. The van der Waals surface area contributed by atoms with E-state index in [1.165, 1.54) is 18.2 Å². The van der Waals surface area contributed by atoms with Crippen molar-refractivity contribution >= 4 is 21.8 Å². The van der Waals surface area contributed by atoms with E-state index in [9.17, 15) is 9.18 Å². The summed E-state index contributed by atoms with van der Waals surface area (Å²) in [7, 11) is 1.72. The Morgan fingerprint density at radius 2 is 2.11 bits per heavy atom. The van der Waals surface area contributed by atoms with E-state index in [2.05, 4.69) is 15.9 Å². The molecule has 1 rings (SSSR count). The van der Waals surface area contributed by atoms with Gasteiger partial charge >= 0.3 is 0 Å². The molecule has 0 spiro atoms. The molecule has 0 aromatic heterocycles. The van der Waals surface area contributed by atoms with Gasteiger partial charge < -0.3 is 10.6 Å². The highest BCUT2D eigenvalue weighted by atomic mass is 79.9. The predicted molar refractivity (Wildman–Crippen MR) is 73.9 cm³/mol. The van der Waals surface area contributed by atoms with Crippen molar-refractivity contribution in [3.63, 3.8) is 0 Å². The molecule has 0 aliphatic carbocycles. The van der Waals surface area contributed by atoms with Crippen molar-refractivity contribution in [1.29, 1.82) is 0 Å². The van der Waals surface area contributed by atoms with Crippen molar-refractivity contribution in [3.05, 3.63) is 34.1 Å². The molecule has 0 heterocycles. The maximum atomic E-state index is 13.1. The molecule has 0 bridgehead atoms. The van der Waals surface area contributed by atoms with Crippen LogP contribution in [0.25, 0.3) is 0 Å². The largest absolute Gasteiger partial charge is 0.341 e. The smallest absolute Gasteiger partial charge is 0.253 e. The Balaban J connectivity index is 2.83. The molecule has 0 aliphatic rings. The molecular weight excluding hydrogens is 299 g/mol. The summed E-state index contributed by atoms with van der Waals surface area (Å²) < 4.78 is 13.4. The summed E-state index contributed by atoms with van der Waals surface area (Å²) in [6, 6.07) is 4.25. The highest BCUT2D eigenvalue weighted by molar-refractivity contribution is 9.10. The number of nitrogens with zero attached hydrogens (tertiary/aromatic N) is 1. The molecule has 5 heteroatoms. The van der Waals surface area contributed by atoms with E-state index in [1.807, 2.05) is 13.8 Å². The van der Waals surface area contributed by atoms with Crippen LogP contribution in [0.2, 0.25) is 0 Å². The summed E-state index contributed by atoms with van der Waals surface area (Å²) in [6.45, 7) is 5.05. The minimum atomic E-state index is -0.378. The monoisotopic (exact) mass is 316 g/mol. The van der Waals surface area contributed by atoms with Gasteiger partial charge in [-0.05, 0) is 46.1 Å². The van der Waals surface area contributed by atoms with Gasteiger partial charge in [0.2, 0.25) is 0 Å². The summed E-state index contributed by atoms with van der Waals surface area (Å²) in [5.41, 5.74) is 5.96. The van der Waals surface area contributed by atoms with Gasteiger partial charge in [-0.3, -0.25) is 4.79 Å². The second kappa shape index (κ2) is 5.80. The summed E-state index contributed by atoms with van der Waals surface area (Å²) in [5.74, 6) is -0.520. The zero-order valence-corrected chi connectivity index (χ0v) is 12.4. The van der Waals surface area contributed by atoms with Gasteiger partial charge in [-0.15, -0.1) is 0 Å². The fourth-order valence-corrected chi connectivity index (χ4v) is 2.01. The Hall–Kier alpha value is -0.940. The molecule has 0 radical (unpaired) electrons. The summed E-state index contributed by atoms with van der Waals surface area (Å²) >= 11 is 3.07. The molecule has 0 unspecified atom stereocenters. The molecule has 3 nitrogen and oxygen atoms in total. The van der Waals surface area contributed by atoms with Crippen LogP contribution < -0.4 is 5.73 Å². The van der Waals surface area contributed by atoms with Crippen molar-refractivity contribution in [3.8, 4) is 0 Å². The van der Waals surface area contributed by atoms with Crippen LogP contribution in [0.5, 0.6) is 0 Å². The number of carbonyl (C=O) groups excluding carboxylic acids is 1. The van der Waals surface area contributed by atoms with Crippen LogP contribution in [0.15, 0.2) is 22.7 Å². The fraction of sp³-hybridized carbons (Fsp3) is 0.462. The Labute approximate surface area is 115 Å². The van der Waals surface area contributed by atoms with E-state index in [4.69, 9.17) is 5.73 Å². The Bertz CT molecular complexity index is 449. The third kappa shape index (κ3) is 3.78. The zero-order valence-electron chi connectivity index (χ0n) is 10.8. The SMILES string of the molecule is CN(CC(C)(C)CN)C(=O)c1ccc(F)c(Br)c1. The van der Waals surface area contributed by atoms with Crippen molar-refractivity contribution in [2.45, 2.75) is 13.8 Å². The number of halogens is 2. The van der Waals surface area contributed by atoms with Crippen LogP contribution in [0.3, 0.4) is 0 Å². The molecule has 1 aromatic carbocycles. The van der Waals surface area contributed by atoms with Gasteiger partial charge in [0, 0.05) is 19.2 Å². The number of hydrogen-bond acceptors (Lipinski definition) is 2. The first-order valence-electron chi connectivity index (χ1n) is 5.67. The fourth-order valence-electron chi connectivity index (χ4n) is 1.63. The average molecular weight is 317 g/mol. The van der Waals surface area contributed by atoms with E-state index >= 15 is 0 Å². The van der Waals surface area contributed by atoms with E-state index < -0.39 is 0 Å². The molecule has 2 N–H and O–H groups in total. The third-order valence-electron chi connectivity index (χ3n) is 2.73. The van der Waals surface area contributed by atoms with Crippen LogP contribution in [0.4, 0.5) is 4.39 Å². The maximum Gasteiger partial charge on any atom is 0.253 e. The number of hydrogen-bond donors (Lipinski definition) is 1. The molecule has 0 atom stereocenters. The lowest BCUT2D eigenvalue weighted by atomic mass is 9.93. The van der Waals surface area contributed by atoms with Crippen molar-refractivity contribution in [2.75, 3.05) is 20.1 Å². The molecule has 1 aromatic rings. The van der Waals surface area contributed by atoms with Crippen LogP contribution in [-0.2, 0) is 0 Å². The minimum Gasteiger partial charge on any atom is -0.341 e. The molecule has 0 saturated carbocycles.